The monoisotopic (exact) mass is 426 g/mol. The molecule has 0 fully saturated rings. The van der Waals surface area contributed by atoms with Crippen LogP contribution in [0.3, 0.4) is 0 Å². The average Bonchev–Trinajstić information content (AvgIpc) is 2.74. The van der Waals surface area contributed by atoms with E-state index in [2.05, 4.69) is 20.8 Å². The lowest BCUT2D eigenvalue weighted by atomic mass is 9.93. The molecule has 0 rings (SSSR count). The van der Waals surface area contributed by atoms with Crippen LogP contribution in [0.25, 0.3) is 0 Å². The number of rotatable bonds is 20. The molecule has 0 amide bonds. The Balaban J connectivity index is 3.85. The van der Waals surface area contributed by atoms with Gasteiger partial charge in [-0.1, -0.05) is 104 Å². The van der Waals surface area contributed by atoms with Gasteiger partial charge in [0, 0.05) is 0 Å². The molecule has 0 aromatic carbocycles. The molecule has 0 bridgehead atoms. The zero-order valence-corrected chi connectivity index (χ0v) is 20.7. The second kappa shape index (κ2) is 18.7. The van der Waals surface area contributed by atoms with Crippen molar-refractivity contribution in [2.24, 2.45) is 11.3 Å². The first-order valence-electron chi connectivity index (χ1n) is 12.7. The Hall–Kier alpha value is -1.06. The number of ether oxygens (including phenoxy) is 2. The van der Waals surface area contributed by atoms with Crippen molar-refractivity contribution in [3.8, 4) is 0 Å². The minimum Gasteiger partial charge on any atom is -0.465 e. The molecule has 0 aromatic rings. The van der Waals surface area contributed by atoms with Gasteiger partial charge in [0.1, 0.15) is 0 Å². The molecule has 1 atom stereocenters. The summed E-state index contributed by atoms with van der Waals surface area (Å²) in [6.07, 6.45) is 18.1. The number of carbonyl (C=O) groups excluding carboxylic acids is 2. The standard InChI is InChI=1S/C26H50O4/c1-6-9-11-12-13-14-15-16-17-18-19-21-29-24(27)26(4,5)25(28)30-22-23(8-3)20-10-7-2/h23H,6-22H2,1-5H3. The molecule has 4 nitrogen and oxygen atoms in total. The summed E-state index contributed by atoms with van der Waals surface area (Å²) >= 11 is 0. The van der Waals surface area contributed by atoms with E-state index in [1.807, 2.05) is 0 Å². The smallest absolute Gasteiger partial charge is 0.322 e. The molecule has 4 heteroatoms. The van der Waals surface area contributed by atoms with Crippen LogP contribution in [-0.4, -0.2) is 25.2 Å². The lowest BCUT2D eigenvalue weighted by molar-refractivity contribution is -0.170. The summed E-state index contributed by atoms with van der Waals surface area (Å²) in [6, 6.07) is 0. The fourth-order valence-corrected chi connectivity index (χ4v) is 3.47. The molecule has 0 spiro atoms. The lowest BCUT2D eigenvalue weighted by Crippen LogP contribution is -2.37. The fraction of sp³-hybridized carbons (Fsp3) is 0.923. The van der Waals surface area contributed by atoms with Crippen LogP contribution in [0.1, 0.15) is 131 Å². The van der Waals surface area contributed by atoms with Gasteiger partial charge in [0.15, 0.2) is 5.41 Å². The molecule has 0 heterocycles. The van der Waals surface area contributed by atoms with Crippen LogP contribution in [0.15, 0.2) is 0 Å². The van der Waals surface area contributed by atoms with Gasteiger partial charge in [-0.2, -0.15) is 0 Å². The molecule has 0 aliphatic rings. The maximum absolute atomic E-state index is 12.4. The van der Waals surface area contributed by atoms with E-state index in [4.69, 9.17) is 9.47 Å². The molecule has 0 radical (unpaired) electrons. The summed E-state index contributed by atoms with van der Waals surface area (Å²) in [6.45, 7) is 10.5. The Bertz CT molecular complexity index is 431. The van der Waals surface area contributed by atoms with E-state index in [1.54, 1.807) is 13.8 Å². The Morgan fingerprint density at radius 2 is 1.13 bits per heavy atom. The third kappa shape index (κ3) is 14.0. The summed E-state index contributed by atoms with van der Waals surface area (Å²) in [5, 5.41) is 0. The van der Waals surface area contributed by atoms with Gasteiger partial charge in [-0.05, 0) is 32.6 Å². The van der Waals surface area contributed by atoms with Crippen LogP contribution in [0, 0.1) is 11.3 Å². The predicted octanol–water partition coefficient (Wildman–Crippen LogP) is 7.63. The van der Waals surface area contributed by atoms with Crippen molar-refractivity contribution in [2.45, 2.75) is 131 Å². The van der Waals surface area contributed by atoms with Crippen molar-refractivity contribution < 1.29 is 19.1 Å². The van der Waals surface area contributed by atoms with Gasteiger partial charge in [0.2, 0.25) is 0 Å². The first kappa shape index (κ1) is 28.9. The van der Waals surface area contributed by atoms with Gasteiger partial charge < -0.3 is 9.47 Å². The van der Waals surface area contributed by atoms with Crippen LogP contribution in [0.2, 0.25) is 0 Å². The van der Waals surface area contributed by atoms with Crippen molar-refractivity contribution in [3.05, 3.63) is 0 Å². The number of esters is 2. The molecule has 0 saturated carbocycles. The Morgan fingerprint density at radius 3 is 1.63 bits per heavy atom. The molecular formula is C26H50O4. The van der Waals surface area contributed by atoms with Gasteiger partial charge in [0.25, 0.3) is 0 Å². The summed E-state index contributed by atoms with van der Waals surface area (Å²) < 4.78 is 10.8. The van der Waals surface area contributed by atoms with Crippen molar-refractivity contribution in [1.29, 1.82) is 0 Å². The largest absolute Gasteiger partial charge is 0.465 e. The van der Waals surface area contributed by atoms with E-state index in [0.29, 0.717) is 19.1 Å². The molecule has 1 unspecified atom stereocenters. The number of unbranched alkanes of at least 4 members (excludes halogenated alkanes) is 11. The minimum absolute atomic E-state index is 0.372. The zero-order chi connectivity index (χ0) is 22.7. The SMILES string of the molecule is CCCCCCCCCCCCCOC(=O)C(C)(C)C(=O)OCC(CC)CCCC. The van der Waals surface area contributed by atoms with E-state index < -0.39 is 17.4 Å². The van der Waals surface area contributed by atoms with E-state index in [9.17, 15) is 9.59 Å². The van der Waals surface area contributed by atoms with Crippen LogP contribution in [0.5, 0.6) is 0 Å². The first-order valence-corrected chi connectivity index (χ1v) is 12.7. The average molecular weight is 427 g/mol. The lowest BCUT2D eigenvalue weighted by Gasteiger charge is -2.22. The van der Waals surface area contributed by atoms with Crippen LogP contribution in [0.4, 0.5) is 0 Å². The predicted molar refractivity (Wildman–Crippen MR) is 125 cm³/mol. The molecule has 178 valence electrons. The van der Waals surface area contributed by atoms with Gasteiger partial charge in [-0.25, -0.2) is 0 Å². The highest BCUT2D eigenvalue weighted by Gasteiger charge is 2.39. The summed E-state index contributed by atoms with van der Waals surface area (Å²) in [7, 11) is 0. The second-order valence-corrected chi connectivity index (χ2v) is 9.31. The van der Waals surface area contributed by atoms with Crippen LogP contribution < -0.4 is 0 Å². The van der Waals surface area contributed by atoms with E-state index in [1.165, 1.54) is 57.8 Å². The van der Waals surface area contributed by atoms with Gasteiger partial charge in [0.05, 0.1) is 13.2 Å². The highest BCUT2D eigenvalue weighted by atomic mass is 16.6. The second-order valence-electron chi connectivity index (χ2n) is 9.31. The highest BCUT2D eigenvalue weighted by molar-refractivity contribution is 5.99. The van der Waals surface area contributed by atoms with Gasteiger partial charge >= 0.3 is 11.9 Å². The quantitative estimate of drug-likeness (QED) is 0.114. The minimum atomic E-state index is -1.24. The third-order valence-corrected chi connectivity index (χ3v) is 6.00. The zero-order valence-electron chi connectivity index (χ0n) is 20.7. The molecule has 0 aliphatic heterocycles. The van der Waals surface area contributed by atoms with E-state index in [-0.39, 0.29) is 0 Å². The number of hydrogen-bond acceptors (Lipinski definition) is 4. The molecule has 0 aliphatic carbocycles. The Labute approximate surface area is 186 Å². The topological polar surface area (TPSA) is 52.6 Å². The van der Waals surface area contributed by atoms with Gasteiger partial charge in [-0.3, -0.25) is 9.59 Å². The number of hydrogen-bond donors (Lipinski definition) is 0. The molecule has 0 aromatic heterocycles. The molecule has 0 N–H and O–H groups in total. The Morgan fingerprint density at radius 1 is 0.667 bits per heavy atom. The normalized spacial score (nSPS) is 12.6. The molecule has 0 saturated heterocycles. The summed E-state index contributed by atoms with van der Waals surface area (Å²) in [5.41, 5.74) is -1.24. The molecular weight excluding hydrogens is 376 g/mol. The van der Waals surface area contributed by atoms with Crippen LogP contribution >= 0.6 is 0 Å². The summed E-state index contributed by atoms with van der Waals surface area (Å²) in [4.78, 5) is 24.7. The van der Waals surface area contributed by atoms with Gasteiger partial charge in [-0.15, -0.1) is 0 Å². The van der Waals surface area contributed by atoms with Crippen molar-refractivity contribution in [3.63, 3.8) is 0 Å². The van der Waals surface area contributed by atoms with Crippen molar-refractivity contribution in [2.75, 3.05) is 13.2 Å². The molecule has 30 heavy (non-hydrogen) atoms. The van der Waals surface area contributed by atoms with Crippen LogP contribution in [-0.2, 0) is 19.1 Å². The fourth-order valence-electron chi connectivity index (χ4n) is 3.47. The first-order chi connectivity index (χ1) is 14.4. The number of carbonyl (C=O) groups is 2. The van der Waals surface area contributed by atoms with Crippen molar-refractivity contribution in [1.82, 2.24) is 0 Å². The third-order valence-electron chi connectivity index (χ3n) is 6.00. The highest BCUT2D eigenvalue weighted by Crippen LogP contribution is 2.22. The van der Waals surface area contributed by atoms with Crippen molar-refractivity contribution >= 4 is 11.9 Å². The van der Waals surface area contributed by atoms with E-state index >= 15 is 0 Å². The summed E-state index contributed by atoms with van der Waals surface area (Å²) in [5.74, 6) is -0.570. The Kier molecular flexibility index (Phi) is 18.0. The maximum atomic E-state index is 12.4. The maximum Gasteiger partial charge on any atom is 0.322 e. The van der Waals surface area contributed by atoms with E-state index in [0.717, 1.165) is 38.5 Å².